The Kier molecular flexibility index (Phi) is 3.46. The predicted molar refractivity (Wildman–Crippen MR) is 66.6 cm³/mol. The fourth-order valence-corrected chi connectivity index (χ4v) is 2.08. The molecule has 0 aromatic heterocycles. The molecule has 2 rings (SSSR count). The summed E-state index contributed by atoms with van der Waals surface area (Å²) in [6.45, 7) is 3.40. The fraction of sp³-hybridized carbons (Fsp3) is 0.538. The van der Waals surface area contributed by atoms with Crippen molar-refractivity contribution in [2.45, 2.75) is 6.54 Å². The normalized spacial score (nSPS) is 17.2. The van der Waals surface area contributed by atoms with Gasteiger partial charge in [0.25, 0.3) is 0 Å². The monoisotopic (exact) mass is 220 g/mol. The lowest BCUT2D eigenvalue weighted by atomic mass is 10.0. The van der Waals surface area contributed by atoms with E-state index in [2.05, 4.69) is 48.2 Å². The number of aliphatic hydroxyl groups excluding tert-OH is 1. The minimum atomic E-state index is 0.329. The van der Waals surface area contributed by atoms with Crippen molar-refractivity contribution in [3.63, 3.8) is 0 Å². The molecule has 0 amide bonds. The Balaban J connectivity index is 1.86. The first kappa shape index (κ1) is 11.4. The third kappa shape index (κ3) is 2.54. The molecule has 1 aliphatic rings. The van der Waals surface area contributed by atoms with Crippen molar-refractivity contribution in [1.82, 2.24) is 4.90 Å². The molecule has 1 N–H and O–H groups in total. The molecule has 0 aliphatic carbocycles. The first-order valence-electron chi connectivity index (χ1n) is 5.78. The van der Waals surface area contributed by atoms with Crippen LogP contribution in [0, 0.1) is 5.92 Å². The lowest BCUT2D eigenvalue weighted by Crippen LogP contribution is -2.47. The van der Waals surface area contributed by atoms with Gasteiger partial charge in [0.05, 0.1) is 0 Å². The smallest absolute Gasteiger partial charge is 0.0483 e. The molecule has 16 heavy (non-hydrogen) atoms. The van der Waals surface area contributed by atoms with Crippen molar-refractivity contribution in [3.05, 3.63) is 29.8 Å². The summed E-state index contributed by atoms with van der Waals surface area (Å²) < 4.78 is 0. The Labute approximate surface area is 97.3 Å². The summed E-state index contributed by atoms with van der Waals surface area (Å²) in [7, 11) is 4.10. The summed E-state index contributed by atoms with van der Waals surface area (Å²) >= 11 is 0. The molecule has 1 aliphatic heterocycles. The summed E-state index contributed by atoms with van der Waals surface area (Å²) in [6.07, 6.45) is 0. The van der Waals surface area contributed by atoms with Gasteiger partial charge in [-0.2, -0.15) is 0 Å². The molecular weight excluding hydrogens is 200 g/mol. The van der Waals surface area contributed by atoms with Gasteiger partial charge in [0, 0.05) is 51.9 Å². The van der Waals surface area contributed by atoms with Crippen molar-refractivity contribution in [3.8, 4) is 0 Å². The van der Waals surface area contributed by atoms with Crippen molar-refractivity contribution in [2.24, 2.45) is 5.92 Å². The molecule has 1 fully saturated rings. The van der Waals surface area contributed by atoms with E-state index in [1.807, 2.05) is 0 Å². The van der Waals surface area contributed by atoms with E-state index in [1.54, 1.807) is 0 Å². The molecule has 0 bridgehead atoms. The van der Waals surface area contributed by atoms with Crippen LogP contribution in [0.2, 0.25) is 0 Å². The summed E-state index contributed by atoms with van der Waals surface area (Å²) in [5, 5.41) is 8.94. The van der Waals surface area contributed by atoms with E-state index in [0.717, 1.165) is 19.6 Å². The minimum absolute atomic E-state index is 0.329. The van der Waals surface area contributed by atoms with E-state index >= 15 is 0 Å². The zero-order valence-electron chi connectivity index (χ0n) is 10.1. The van der Waals surface area contributed by atoms with Crippen LogP contribution in [0.5, 0.6) is 0 Å². The van der Waals surface area contributed by atoms with Gasteiger partial charge in [0.1, 0.15) is 0 Å². The lowest BCUT2D eigenvalue weighted by Gasteiger charge is -2.38. The van der Waals surface area contributed by atoms with Crippen LogP contribution in [-0.2, 0) is 6.54 Å². The molecule has 1 saturated heterocycles. The number of benzene rings is 1. The van der Waals surface area contributed by atoms with Crippen molar-refractivity contribution in [2.75, 3.05) is 38.7 Å². The maximum Gasteiger partial charge on any atom is 0.0483 e. The van der Waals surface area contributed by atoms with E-state index in [0.29, 0.717) is 12.5 Å². The Bertz CT molecular complexity index is 328. The van der Waals surface area contributed by atoms with Gasteiger partial charge in [-0.15, -0.1) is 0 Å². The van der Waals surface area contributed by atoms with Crippen LogP contribution in [-0.4, -0.2) is 43.8 Å². The maximum atomic E-state index is 8.94. The second-order valence-electron chi connectivity index (χ2n) is 4.80. The SMILES string of the molecule is CN(C)c1ccc(CN2CC(CO)C2)cc1. The fourth-order valence-electron chi connectivity index (χ4n) is 2.08. The highest BCUT2D eigenvalue weighted by Crippen LogP contribution is 2.19. The Morgan fingerprint density at radius 2 is 1.88 bits per heavy atom. The van der Waals surface area contributed by atoms with Crippen LogP contribution in [0.4, 0.5) is 5.69 Å². The summed E-state index contributed by atoms with van der Waals surface area (Å²) in [4.78, 5) is 4.47. The average Bonchev–Trinajstić information content (AvgIpc) is 2.23. The highest BCUT2D eigenvalue weighted by Gasteiger charge is 2.25. The molecule has 3 nitrogen and oxygen atoms in total. The van der Waals surface area contributed by atoms with Crippen LogP contribution >= 0.6 is 0 Å². The molecule has 88 valence electrons. The first-order valence-corrected chi connectivity index (χ1v) is 5.78. The standard InChI is InChI=1S/C13H20N2O/c1-14(2)13-5-3-11(4-6-13)7-15-8-12(9-15)10-16/h3-6,12,16H,7-10H2,1-2H3. The quantitative estimate of drug-likeness (QED) is 0.825. The van der Waals surface area contributed by atoms with Crippen molar-refractivity contribution < 1.29 is 5.11 Å². The number of likely N-dealkylation sites (tertiary alicyclic amines) is 1. The molecule has 1 heterocycles. The number of hydrogen-bond acceptors (Lipinski definition) is 3. The van der Waals surface area contributed by atoms with E-state index in [9.17, 15) is 0 Å². The van der Waals surface area contributed by atoms with E-state index < -0.39 is 0 Å². The van der Waals surface area contributed by atoms with Gasteiger partial charge in [-0.1, -0.05) is 12.1 Å². The summed E-state index contributed by atoms with van der Waals surface area (Å²) in [5.74, 6) is 0.501. The van der Waals surface area contributed by atoms with Crippen LogP contribution in [0.15, 0.2) is 24.3 Å². The Hall–Kier alpha value is -1.06. The molecule has 0 atom stereocenters. The number of aliphatic hydroxyl groups is 1. The number of hydrogen-bond donors (Lipinski definition) is 1. The molecule has 3 heteroatoms. The van der Waals surface area contributed by atoms with Gasteiger partial charge in [0.2, 0.25) is 0 Å². The maximum absolute atomic E-state index is 8.94. The van der Waals surface area contributed by atoms with Crippen LogP contribution in [0.1, 0.15) is 5.56 Å². The highest BCUT2D eigenvalue weighted by molar-refractivity contribution is 5.45. The third-order valence-electron chi connectivity index (χ3n) is 3.15. The first-order chi connectivity index (χ1) is 7.69. The molecule has 0 saturated carbocycles. The van der Waals surface area contributed by atoms with Gasteiger partial charge in [-0.25, -0.2) is 0 Å². The van der Waals surface area contributed by atoms with Gasteiger partial charge >= 0.3 is 0 Å². The third-order valence-corrected chi connectivity index (χ3v) is 3.15. The highest BCUT2D eigenvalue weighted by atomic mass is 16.3. The molecule has 1 aromatic rings. The van der Waals surface area contributed by atoms with Gasteiger partial charge < -0.3 is 10.0 Å². The summed E-state index contributed by atoms with van der Waals surface area (Å²) in [6, 6.07) is 8.67. The molecule has 0 unspecified atom stereocenters. The predicted octanol–water partition coefficient (Wildman–Crippen LogP) is 1.18. The largest absolute Gasteiger partial charge is 0.396 e. The second-order valence-corrected chi connectivity index (χ2v) is 4.80. The number of anilines is 1. The Morgan fingerprint density at radius 3 is 2.38 bits per heavy atom. The minimum Gasteiger partial charge on any atom is -0.396 e. The van der Waals surface area contributed by atoms with Crippen LogP contribution in [0.25, 0.3) is 0 Å². The Morgan fingerprint density at radius 1 is 1.25 bits per heavy atom. The van der Waals surface area contributed by atoms with E-state index in [-0.39, 0.29) is 0 Å². The number of rotatable bonds is 4. The summed E-state index contributed by atoms with van der Waals surface area (Å²) in [5.41, 5.74) is 2.59. The zero-order valence-corrected chi connectivity index (χ0v) is 10.1. The molecule has 0 radical (unpaired) electrons. The van der Waals surface area contributed by atoms with Crippen LogP contribution < -0.4 is 4.90 Å². The topological polar surface area (TPSA) is 26.7 Å². The molecule has 0 spiro atoms. The average molecular weight is 220 g/mol. The molecule has 1 aromatic carbocycles. The number of nitrogens with zero attached hydrogens (tertiary/aromatic N) is 2. The van der Waals surface area contributed by atoms with Gasteiger partial charge in [0.15, 0.2) is 0 Å². The van der Waals surface area contributed by atoms with E-state index in [1.165, 1.54) is 11.3 Å². The van der Waals surface area contributed by atoms with Gasteiger partial charge in [-0.3, -0.25) is 4.90 Å². The second kappa shape index (κ2) is 4.85. The van der Waals surface area contributed by atoms with Gasteiger partial charge in [-0.05, 0) is 17.7 Å². The lowest BCUT2D eigenvalue weighted by molar-refractivity contribution is 0.0479. The van der Waals surface area contributed by atoms with Crippen molar-refractivity contribution >= 4 is 5.69 Å². The zero-order chi connectivity index (χ0) is 11.5. The van der Waals surface area contributed by atoms with Crippen molar-refractivity contribution in [1.29, 1.82) is 0 Å². The van der Waals surface area contributed by atoms with Crippen LogP contribution in [0.3, 0.4) is 0 Å². The molecular formula is C13H20N2O. The van der Waals surface area contributed by atoms with E-state index in [4.69, 9.17) is 5.11 Å².